The first-order valence-corrected chi connectivity index (χ1v) is 27.4. The fourth-order valence-corrected chi connectivity index (χ4v) is 12.2. The quantitative estimate of drug-likeness (QED) is 0.0346. The van der Waals surface area contributed by atoms with Crippen molar-refractivity contribution >= 4 is 77.2 Å². The van der Waals surface area contributed by atoms with E-state index in [2.05, 4.69) is 13.8 Å². The van der Waals surface area contributed by atoms with Crippen LogP contribution in [-0.4, -0.2) is 46.5 Å². The highest BCUT2D eigenvalue weighted by molar-refractivity contribution is 7.18. The number of unbranched alkanes of at least 4 members (excludes halogenated alkanes) is 30. The highest BCUT2D eigenvalue weighted by atomic mass is 32.1. The smallest absolute Gasteiger partial charge is 0.262 e. The lowest BCUT2D eigenvalue weighted by Crippen LogP contribution is -2.44. The molecule has 2 aromatic heterocycles. The van der Waals surface area contributed by atoms with E-state index in [-0.39, 0.29) is 23.6 Å². The maximum atomic E-state index is 14.5. The van der Waals surface area contributed by atoms with Crippen LogP contribution in [0.15, 0.2) is 22.9 Å². The number of nitrogens with zero attached hydrogens (tertiary/aromatic N) is 2. The van der Waals surface area contributed by atoms with Crippen LogP contribution in [0.4, 0.5) is 0 Å². The van der Waals surface area contributed by atoms with Gasteiger partial charge in [0.25, 0.3) is 23.6 Å². The largest absolute Gasteiger partial charge is 0.274 e. The number of thiophene rings is 2. The fourth-order valence-electron chi connectivity index (χ4n) is 10.3. The minimum Gasteiger partial charge on any atom is -0.274 e. The summed E-state index contributed by atoms with van der Waals surface area (Å²) in [5, 5.41) is 6.34. The van der Waals surface area contributed by atoms with E-state index in [0.29, 0.717) is 46.1 Å². The van der Waals surface area contributed by atoms with E-state index in [4.69, 9.17) is 0 Å². The van der Waals surface area contributed by atoms with Crippen molar-refractivity contribution in [3.63, 3.8) is 0 Å². The van der Waals surface area contributed by atoms with Gasteiger partial charge in [0.15, 0.2) is 0 Å². The Morgan fingerprint density at radius 3 is 0.855 bits per heavy atom. The normalized spacial score (nSPS) is 14.0. The lowest BCUT2D eigenvalue weighted by molar-refractivity contribution is 0.0590. The molecule has 2 aliphatic heterocycles. The Labute approximate surface area is 382 Å². The molecule has 0 bridgehead atoms. The average molecular weight is 883 g/mol. The Kier molecular flexibility index (Phi) is 20.3. The molecule has 0 saturated carbocycles. The van der Waals surface area contributed by atoms with Gasteiger partial charge in [0.05, 0.1) is 22.3 Å². The number of benzene rings is 2. The molecule has 2 aliphatic rings. The molecule has 4 amide bonds. The molecular weight excluding hydrogens is 805 g/mol. The molecular formula is C54H78N2O4S2. The van der Waals surface area contributed by atoms with Crippen LogP contribution in [0.2, 0.25) is 0 Å². The molecule has 8 heteroatoms. The standard InChI is InChI=1S/C54H78N2O4S2/c1-3-5-7-9-11-13-15-17-19-21-23-25-27-29-31-33-37-55-51(57)43-41-35-39-62-50(41)48-46-44(42-36-40-61-49(42)47(45(43)46)53(55)59)52(58)56(54(48)60)38-34-32-30-28-26-24-22-20-18-16-14-12-10-8-6-4-2/h35-36,39-40H,3-34,37-38H2,1-2H3. The van der Waals surface area contributed by atoms with Crippen molar-refractivity contribution in [2.45, 2.75) is 219 Å². The Morgan fingerprint density at radius 1 is 0.339 bits per heavy atom. The van der Waals surface area contributed by atoms with Crippen LogP contribution in [0.1, 0.15) is 261 Å². The number of imide groups is 2. The zero-order chi connectivity index (χ0) is 43.5. The van der Waals surface area contributed by atoms with Gasteiger partial charge in [0, 0.05) is 44.0 Å². The SMILES string of the molecule is CCCCCCCCCCCCCCCCCCN1C(=O)c2c3ccsc3c3c4c(c5ccsc5c(c24)C1=O)C(=O)N(CCCCCCCCCCCCCCCCCC)C3=O. The van der Waals surface area contributed by atoms with Crippen LogP contribution in [0, 0.1) is 0 Å². The molecule has 0 saturated heterocycles. The van der Waals surface area contributed by atoms with Crippen molar-refractivity contribution in [2.75, 3.05) is 13.1 Å². The molecule has 0 atom stereocenters. The van der Waals surface area contributed by atoms with Crippen molar-refractivity contribution in [2.24, 2.45) is 0 Å². The molecule has 340 valence electrons. The average Bonchev–Trinajstić information content (AvgIpc) is 3.97. The van der Waals surface area contributed by atoms with Crippen molar-refractivity contribution in [1.82, 2.24) is 9.80 Å². The van der Waals surface area contributed by atoms with Gasteiger partial charge in [-0.1, -0.05) is 206 Å². The van der Waals surface area contributed by atoms with E-state index in [1.54, 1.807) is 0 Å². The van der Waals surface area contributed by atoms with Crippen LogP contribution >= 0.6 is 22.7 Å². The minimum atomic E-state index is -0.296. The Bertz CT molecular complexity index is 1820. The maximum absolute atomic E-state index is 14.5. The molecule has 0 unspecified atom stereocenters. The summed E-state index contributed by atoms with van der Waals surface area (Å²) in [7, 11) is 0. The van der Waals surface area contributed by atoms with Gasteiger partial charge in [-0.3, -0.25) is 29.0 Å². The molecule has 6 rings (SSSR count). The lowest BCUT2D eigenvalue weighted by atomic mass is 9.82. The number of amides is 4. The van der Waals surface area contributed by atoms with Crippen LogP contribution in [0.25, 0.3) is 30.9 Å². The maximum Gasteiger partial charge on any atom is 0.262 e. The Hall–Kier alpha value is -3.10. The van der Waals surface area contributed by atoms with Gasteiger partial charge >= 0.3 is 0 Å². The zero-order valence-corrected chi connectivity index (χ0v) is 40.3. The summed E-state index contributed by atoms with van der Waals surface area (Å²) in [6, 6.07) is 3.86. The van der Waals surface area contributed by atoms with Crippen LogP contribution in [0.3, 0.4) is 0 Å². The zero-order valence-electron chi connectivity index (χ0n) is 38.7. The van der Waals surface area contributed by atoms with Gasteiger partial charge in [0.1, 0.15) is 0 Å². The summed E-state index contributed by atoms with van der Waals surface area (Å²) in [5.74, 6) is -1.18. The van der Waals surface area contributed by atoms with Crippen LogP contribution < -0.4 is 0 Å². The summed E-state index contributed by atoms with van der Waals surface area (Å²) >= 11 is 2.90. The van der Waals surface area contributed by atoms with Crippen molar-refractivity contribution in [3.05, 3.63) is 45.1 Å². The summed E-state index contributed by atoms with van der Waals surface area (Å²) in [6.07, 6.45) is 40.6. The highest BCUT2D eigenvalue weighted by Crippen LogP contribution is 2.49. The Balaban J connectivity index is 0.992. The van der Waals surface area contributed by atoms with Gasteiger partial charge in [0.2, 0.25) is 0 Å². The highest BCUT2D eigenvalue weighted by Gasteiger charge is 2.44. The second kappa shape index (κ2) is 26.0. The van der Waals surface area contributed by atoms with E-state index in [1.165, 1.54) is 199 Å². The van der Waals surface area contributed by atoms with Crippen LogP contribution in [0.5, 0.6) is 0 Å². The molecule has 2 aromatic carbocycles. The summed E-state index contributed by atoms with van der Waals surface area (Å²) in [6.45, 7) is 5.31. The van der Waals surface area contributed by atoms with E-state index < -0.39 is 0 Å². The third kappa shape index (κ3) is 12.2. The number of carbonyl (C=O) groups excluding carboxylic acids is 4. The molecule has 0 spiro atoms. The van der Waals surface area contributed by atoms with Gasteiger partial charge < -0.3 is 0 Å². The monoisotopic (exact) mass is 883 g/mol. The third-order valence-corrected chi connectivity index (χ3v) is 15.7. The van der Waals surface area contributed by atoms with Gasteiger partial charge in [-0.15, -0.1) is 22.7 Å². The van der Waals surface area contributed by atoms with Gasteiger partial charge in [-0.2, -0.15) is 0 Å². The second-order valence-electron chi connectivity index (χ2n) is 18.7. The molecule has 4 aromatic rings. The summed E-state index contributed by atoms with van der Waals surface area (Å²) in [5.41, 5.74) is 1.94. The summed E-state index contributed by atoms with van der Waals surface area (Å²) < 4.78 is 1.49. The topological polar surface area (TPSA) is 74.8 Å². The number of hydrogen-bond donors (Lipinski definition) is 0. The first-order valence-electron chi connectivity index (χ1n) is 25.6. The second-order valence-corrected chi connectivity index (χ2v) is 20.5. The number of rotatable bonds is 34. The molecule has 0 radical (unpaired) electrons. The van der Waals surface area contributed by atoms with E-state index in [9.17, 15) is 19.2 Å². The minimum absolute atomic E-state index is 0.293. The summed E-state index contributed by atoms with van der Waals surface area (Å²) in [4.78, 5) is 60.7. The first-order chi connectivity index (χ1) is 30.5. The Morgan fingerprint density at radius 2 is 0.581 bits per heavy atom. The molecule has 0 fully saturated rings. The number of fused-ring (bicyclic) bond motifs is 6. The van der Waals surface area contributed by atoms with Crippen LogP contribution in [-0.2, 0) is 0 Å². The predicted molar refractivity (Wildman–Crippen MR) is 265 cm³/mol. The van der Waals surface area contributed by atoms with Gasteiger partial charge in [-0.25, -0.2) is 0 Å². The van der Waals surface area contributed by atoms with E-state index in [1.807, 2.05) is 22.9 Å². The molecule has 6 nitrogen and oxygen atoms in total. The van der Waals surface area contributed by atoms with E-state index >= 15 is 0 Å². The number of carbonyl (C=O) groups is 4. The first kappa shape index (κ1) is 48.4. The van der Waals surface area contributed by atoms with Crippen molar-refractivity contribution in [3.8, 4) is 0 Å². The number of hydrogen-bond acceptors (Lipinski definition) is 6. The molecule has 0 N–H and O–H groups in total. The van der Waals surface area contributed by atoms with E-state index in [0.717, 1.165) is 58.7 Å². The third-order valence-electron chi connectivity index (χ3n) is 13.9. The predicted octanol–water partition coefficient (Wildman–Crippen LogP) is 17.0. The molecule has 4 heterocycles. The van der Waals surface area contributed by atoms with Crippen molar-refractivity contribution < 1.29 is 19.2 Å². The van der Waals surface area contributed by atoms with Gasteiger partial charge in [-0.05, 0) is 35.7 Å². The lowest BCUT2D eigenvalue weighted by Gasteiger charge is -2.33. The molecule has 62 heavy (non-hydrogen) atoms. The fraction of sp³-hybridized carbons (Fsp3) is 0.667. The molecule has 0 aliphatic carbocycles. The van der Waals surface area contributed by atoms with Crippen molar-refractivity contribution in [1.29, 1.82) is 0 Å².